The number of anilines is 2. The monoisotopic (exact) mass is 474 g/mol. The molecule has 0 amide bonds. The van der Waals surface area contributed by atoms with E-state index in [0.29, 0.717) is 35.7 Å². The molecule has 1 saturated heterocycles. The Hall–Kier alpha value is -2.23. The highest BCUT2D eigenvalue weighted by molar-refractivity contribution is 7.98. The number of nitrogens with one attached hydrogen (secondary N) is 1. The summed E-state index contributed by atoms with van der Waals surface area (Å²) in [6.07, 6.45) is 6.39. The van der Waals surface area contributed by atoms with Gasteiger partial charge in [-0.1, -0.05) is 24.5 Å². The molecule has 2 aromatic carbocycles. The van der Waals surface area contributed by atoms with E-state index in [1.165, 1.54) is 18.5 Å². The van der Waals surface area contributed by atoms with Gasteiger partial charge in [0.2, 0.25) is 0 Å². The zero-order valence-corrected chi connectivity index (χ0v) is 20.2. The zero-order chi connectivity index (χ0) is 22.7. The molecule has 0 radical (unpaired) electrons. The first-order valence-corrected chi connectivity index (χ1v) is 13.3. The van der Waals surface area contributed by atoms with Crippen molar-refractivity contribution in [3.05, 3.63) is 42.5 Å². The summed E-state index contributed by atoms with van der Waals surface area (Å²) >= 11 is 1.62. The topological polar surface area (TPSA) is 68.6 Å². The molecule has 2 unspecified atom stereocenters. The van der Waals surface area contributed by atoms with Crippen molar-refractivity contribution in [3.63, 3.8) is 0 Å². The van der Waals surface area contributed by atoms with Gasteiger partial charge in [-0.2, -0.15) is 0 Å². The third-order valence-corrected chi connectivity index (χ3v) is 7.84. The average Bonchev–Trinajstić information content (AvgIpc) is 3.28. The lowest BCUT2D eigenvalue weighted by atomic mass is 10.2. The van der Waals surface area contributed by atoms with Gasteiger partial charge in [-0.15, -0.1) is 11.8 Å². The fourth-order valence-electron chi connectivity index (χ4n) is 3.33. The Bertz CT molecular complexity index is 1150. The van der Waals surface area contributed by atoms with E-state index in [1.807, 2.05) is 12.3 Å². The molecule has 32 heavy (non-hydrogen) atoms. The number of hydrogen-bond donors (Lipinski definition) is 1. The van der Waals surface area contributed by atoms with Crippen LogP contribution in [0.5, 0.6) is 5.75 Å². The summed E-state index contributed by atoms with van der Waals surface area (Å²) in [6, 6.07) is 8.54. The molecule has 1 N–H and O–H groups in total. The Kier molecular flexibility index (Phi) is 7.27. The van der Waals surface area contributed by atoms with Crippen LogP contribution in [0.1, 0.15) is 20.3 Å². The number of thioether (sulfide) groups is 1. The minimum Gasteiger partial charge on any atom is -0.486 e. The maximum Gasteiger partial charge on any atom is 0.146 e. The Balaban J connectivity index is 1.73. The highest BCUT2D eigenvalue weighted by Crippen LogP contribution is 2.37. The number of halogens is 1. The molecule has 170 valence electrons. The smallest absolute Gasteiger partial charge is 0.146 e. The lowest BCUT2D eigenvalue weighted by molar-refractivity contribution is 0.141. The number of aromatic nitrogens is 2. The Labute approximate surface area is 194 Å². The van der Waals surface area contributed by atoms with Crippen molar-refractivity contribution in [2.45, 2.75) is 36.5 Å². The van der Waals surface area contributed by atoms with Crippen LogP contribution in [-0.4, -0.2) is 47.0 Å². The highest BCUT2D eigenvalue weighted by atomic mass is 32.2. The van der Waals surface area contributed by atoms with Crippen LogP contribution in [0.2, 0.25) is 0 Å². The molecule has 4 rings (SSSR count). The molecular formula is C23H27FN4O2S2. The summed E-state index contributed by atoms with van der Waals surface area (Å²) in [7, 11) is -0.0764. The van der Waals surface area contributed by atoms with Gasteiger partial charge in [0, 0.05) is 22.6 Å². The molecule has 2 heterocycles. The van der Waals surface area contributed by atoms with Crippen LogP contribution in [0.4, 0.5) is 21.6 Å². The van der Waals surface area contributed by atoms with Crippen molar-refractivity contribution < 1.29 is 13.9 Å². The van der Waals surface area contributed by atoms with Gasteiger partial charge in [0.25, 0.3) is 0 Å². The largest absolute Gasteiger partial charge is 0.486 e. The summed E-state index contributed by atoms with van der Waals surface area (Å²) < 4.78 is 30.2. The Morgan fingerprint density at radius 1 is 1.28 bits per heavy atom. The lowest BCUT2D eigenvalue weighted by Gasteiger charge is -2.18. The molecule has 6 nitrogen and oxygen atoms in total. The quantitative estimate of drug-likeness (QED) is 0.432. The number of rotatable bonds is 7. The number of fused-ring (bicyclic) bond motifs is 1. The summed E-state index contributed by atoms with van der Waals surface area (Å²) in [5.41, 5.74) is 2.37. The van der Waals surface area contributed by atoms with Crippen molar-refractivity contribution in [2.75, 3.05) is 31.0 Å². The molecular weight excluding hydrogens is 447 g/mol. The summed E-state index contributed by atoms with van der Waals surface area (Å²) in [5.74, 6) is 0.731. The van der Waals surface area contributed by atoms with Crippen LogP contribution in [0, 0.1) is 5.82 Å². The second-order valence-corrected chi connectivity index (χ2v) is 10.8. The maximum absolute atomic E-state index is 14.0. The standard InChI is InChI=1S/C23H27FN4O2S2/c1-14(2)32(4)28-16-10-19-22(21(11-16)31-3)23(26-13-25-19)27-18-6-5-15(24)9-20(18)30-17-7-8-29-12-17/h5-6,9-11,13-14,17H,7-8,12H2,1-4H3,(H,25,26,27). The summed E-state index contributed by atoms with van der Waals surface area (Å²) in [5, 5.41) is 4.73. The minimum atomic E-state index is -0.354. The predicted octanol–water partition coefficient (Wildman–Crippen LogP) is 5.87. The van der Waals surface area contributed by atoms with Crippen LogP contribution >= 0.6 is 11.8 Å². The normalized spacial score (nSPS) is 17.2. The van der Waals surface area contributed by atoms with Crippen LogP contribution in [0.15, 0.2) is 45.9 Å². The van der Waals surface area contributed by atoms with Crippen molar-refractivity contribution in [2.24, 2.45) is 4.36 Å². The van der Waals surface area contributed by atoms with Crippen molar-refractivity contribution in [1.82, 2.24) is 9.97 Å². The van der Waals surface area contributed by atoms with E-state index in [0.717, 1.165) is 27.9 Å². The molecule has 2 atom stereocenters. The van der Waals surface area contributed by atoms with Crippen molar-refractivity contribution in [1.29, 1.82) is 0 Å². The van der Waals surface area contributed by atoms with Gasteiger partial charge in [-0.3, -0.25) is 0 Å². The summed E-state index contributed by atoms with van der Waals surface area (Å²) in [4.78, 5) is 10.0. The van der Waals surface area contributed by atoms with Crippen LogP contribution in [0.3, 0.4) is 0 Å². The Morgan fingerprint density at radius 2 is 2.12 bits per heavy atom. The van der Waals surface area contributed by atoms with Crippen LogP contribution in [0.25, 0.3) is 10.9 Å². The van der Waals surface area contributed by atoms with Gasteiger partial charge < -0.3 is 14.8 Å². The maximum atomic E-state index is 14.0. The molecule has 0 aliphatic carbocycles. The zero-order valence-electron chi connectivity index (χ0n) is 18.6. The SMILES string of the molecule is CSc1cc(N=S(C)C(C)C)cc2ncnc(Nc3ccc(F)cc3OC3CCOC3)c12. The van der Waals surface area contributed by atoms with Crippen molar-refractivity contribution >= 4 is 50.5 Å². The Morgan fingerprint density at radius 3 is 2.84 bits per heavy atom. The van der Waals surface area contributed by atoms with E-state index < -0.39 is 0 Å². The molecule has 1 fully saturated rings. The number of nitrogens with zero attached hydrogens (tertiary/aromatic N) is 3. The van der Waals surface area contributed by atoms with E-state index in [1.54, 1.807) is 17.8 Å². The minimum absolute atomic E-state index is 0.0764. The number of benzene rings is 2. The van der Waals surface area contributed by atoms with Gasteiger partial charge in [0.1, 0.15) is 29.8 Å². The molecule has 0 bridgehead atoms. The first-order chi connectivity index (χ1) is 15.4. The molecule has 1 aromatic heterocycles. The molecule has 9 heteroatoms. The average molecular weight is 475 g/mol. The van der Waals surface area contributed by atoms with Crippen molar-refractivity contribution in [3.8, 4) is 5.75 Å². The fraction of sp³-hybridized carbons (Fsp3) is 0.391. The summed E-state index contributed by atoms with van der Waals surface area (Å²) in [6.45, 7) is 5.51. The molecule has 3 aromatic rings. The first-order valence-electron chi connectivity index (χ1n) is 10.4. The van der Waals surface area contributed by atoms with E-state index in [4.69, 9.17) is 13.8 Å². The van der Waals surface area contributed by atoms with Crippen LogP contribution < -0.4 is 10.1 Å². The van der Waals surface area contributed by atoms with Gasteiger partial charge in [0.15, 0.2) is 0 Å². The third kappa shape index (κ3) is 5.22. The van der Waals surface area contributed by atoms with Gasteiger partial charge >= 0.3 is 0 Å². The highest BCUT2D eigenvalue weighted by Gasteiger charge is 2.20. The van der Waals surface area contributed by atoms with E-state index in [2.05, 4.69) is 41.5 Å². The van der Waals surface area contributed by atoms with E-state index in [-0.39, 0.29) is 22.6 Å². The fourth-order valence-corrected chi connectivity index (χ4v) is 4.62. The lowest BCUT2D eigenvalue weighted by Crippen LogP contribution is -2.16. The molecule has 0 spiro atoms. The van der Waals surface area contributed by atoms with E-state index >= 15 is 0 Å². The number of hydrogen-bond acceptors (Lipinski definition) is 7. The third-order valence-electron chi connectivity index (χ3n) is 5.22. The molecule has 1 aliphatic rings. The number of ether oxygens (including phenoxy) is 2. The molecule has 1 aliphatic heterocycles. The second-order valence-electron chi connectivity index (χ2n) is 7.80. The van der Waals surface area contributed by atoms with Gasteiger partial charge in [0.05, 0.1) is 35.5 Å². The van der Waals surface area contributed by atoms with Gasteiger partial charge in [-0.05, 0) is 36.8 Å². The first kappa shape index (κ1) is 22.9. The second kappa shape index (κ2) is 10.1. The van der Waals surface area contributed by atoms with E-state index in [9.17, 15) is 4.39 Å². The molecule has 0 saturated carbocycles. The van der Waals surface area contributed by atoms with Gasteiger partial charge in [-0.25, -0.2) is 18.7 Å². The predicted molar refractivity (Wildman–Crippen MR) is 131 cm³/mol. The van der Waals surface area contributed by atoms with Crippen LogP contribution in [-0.2, 0) is 15.4 Å².